The van der Waals surface area contributed by atoms with E-state index in [1.165, 1.54) is 0 Å². The van der Waals surface area contributed by atoms with Crippen molar-refractivity contribution in [3.8, 4) is 11.3 Å². The number of hydrogen-bond acceptors (Lipinski definition) is 3. The predicted molar refractivity (Wildman–Crippen MR) is 83.7 cm³/mol. The van der Waals surface area contributed by atoms with Gasteiger partial charge < -0.3 is 9.72 Å². The lowest BCUT2D eigenvalue weighted by Crippen LogP contribution is -2.11. The summed E-state index contributed by atoms with van der Waals surface area (Å²) in [5.41, 5.74) is 1.89. The van der Waals surface area contributed by atoms with Crippen LogP contribution in [0, 0.1) is 3.70 Å². The van der Waals surface area contributed by atoms with Crippen molar-refractivity contribution < 1.29 is 4.74 Å². The van der Waals surface area contributed by atoms with E-state index in [0.29, 0.717) is 18.1 Å². The first-order valence-corrected chi connectivity index (χ1v) is 6.87. The summed E-state index contributed by atoms with van der Waals surface area (Å²) in [6, 6.07) is 7.42. The molecular weight excluding hydrogens is 355 g/mol. The molecule has 0 fully saturated rings. The average molecular weight is 368 g/mol. The molecule has 98 valence electrons. The second kappa shape index (κ2) is 6.01. The van der Waals surface area contributed by atoms with Gasteiger partial charge in [-0.25, -0.2) is 4.98 Å². The summed E-state index contributed by atoms with van der Waals surface area (Å²) in [5.74, 6) is 0.624. The van der Waals surface area contributed by atoms with E-state index in [1.807, 2.05) is 31.2 Å². The van der Waals surface area contributed by atoms with Crippen molar-refractivity contribution in [1.82, 2.24) is 9.97 Å². The third kappa shape index (κ3) is 3.23. The molecule has 5 heteroatoms. The molecule has 0 aliphatic rings. The molecule has 1 N–H and O–H groups in total. The molecular formula is C14H13IN2O2. The molecule has 0 saturated heterocycles. The highest BCUT2D eigenvalue weighted by Crippen LogP contribution is 2.19. The number of nitrogens with one attached hydrogen (secondary N) is 1. The number of halogens is 1. The van der Waals surface area contributed by atoms with Crippen LogP contribution in [0.2, 0.25) is 0 Å². The minimum Gasteiger partial charge on any atom is -0.494 e. The van der Waals surface area contributed by atoms with E-state index in [0.717, 1.165) is 14.8 Å². The standard InChI is InChI=1S/C14H13IN2O2/c1-3-19-9(2)10-4-6-11(7-5-10)13-14(18)16-8-12(15)17-13/h4-8H,2-3H2,1H3,(H,16,18). The molecule has 1 aromatic carbocycles. The fourth-order valence-electron chi connectivity index (χ4n) is 1.65. The van der Waals surface area contributed by atoms with E-state index in [1.54, 1.807) is 6.20 Å². The number of aromatic nitrogens is 2. The SMILES string of the molecule is C=C(OCC)c1ccc(-c2nc(I)c[nH]c2=O)cc1. The molecule has 19 heavy (non-hydrogen) atoms. The molecule has 0 amide bonds. The summed E-state index contributed by atoms with van der Waals surface area (Å²) in [6.07, 6.45) is 1.58. The maximum Gasteiger partial charge on any atom is 0.274 e. The topological polar surface area (TPSA) is 55.0 Å². The van der Waals surface area contributed by atoms with Gasteiger partial charge in [-0.2, -0.15) is 0 Å². The van der Waals surface area contributed by atoms with E-state index in [4.69, 9.17) is 4.74 Å². The van der Waals surface area contributed by atoms with Crippen LogP contribution in [-0.2, 0) is 4.74 Å². The first-order valence-electron chi connectivity index (χ1n) is 5.79. The van der Waals surface area contributed by atoms with Crippen LogP contribution in [-0.4, -0.2) is 16.6 Å². The molecule has 0 bridgehead atoms. The van der Waals surface area contributed by atoms with Gasteiger partial charge in [0.15, 0.2) is 0 Å². The van der Waals surface area contributed by atoms with Crippen molar-refractivity contribution in [3.63, 3.8) is 0 Å². The predicted octanol–water partition coefficient (Wildman–Crippen LogP) is 3.05. The number of hydrogen-bond donors (Lipinski definition) is 1. The lowest BCUT2D eigenvalue weighted by molar-refractivity contribution is 0.299. The number of benzene rings is 1. The maximum atomic E-state index is 11.7. The second-order valence-corrected chi connectivity index (χ2v) is 4.94. The van der Waals surface area contributed by atoms with Gasteiger partial charge in [-0.05, 0) is 29.5 Å². The van der Waals surface area contributed by atoms with E-state index in [9.17, 15) is 4.79 Å². The molecule has 0 atom stereocenters. The Morgan fingerprint density at radius 2 is 2.11 bits per heavy atom. The molecule has 1 heterocycles. The van der Waals surface area contributed by atoms with E-state index >= 15 is 0 Å². The van der Waals surface area contributed by atoms with Crippen LogP contribution in [0.15, 0.2) is 41.8 Å². The van der Waals surface area contributed by atoms with Gasteiger partial charge in [0.2, 0.25) is 0 Å². The Hall–Kier alpha value is -1.63. The Bertz CT molecular complexity index is 647. The highest BCUT2D eigenvalue weighted by atomic mass is 127. The lowest BCUT2D eigenvalue weighted by Gasteiger charge is -2.07. The van der Waals surface area contributed by atoms with Crippen molar-refractivity contribution >= 4 is 28.4 Å². The summed E-state index contributed by atoms with van der Waals surface area (Å²) in [7, 11) is 0. The van der Waals surface area contributed by atoms with Crippen molar-refractivity contribution in [3.05, 3.63) is 56.7 Å². The average Bonchev–Trinajstić information content (AvgIpc) is 2.42. The number of nitrogens with zero attached hydrogens (tertiary/aromatic N) is 1. The smallest absolute Gasteiger partial charge is 0.274 e. The van der Waals surface area contributed by atoms with Gasteiger partial charge >= 0.3 is 0 Å². The zero-order valence-electron chi connectivity index (χ0n) is 10.4. The summed E-state index contributed by atoms with van der Waals surface area (Å²) in [4.78, 5) is 18.6. The maximum absolute atomic E-state index is 11.7. The largest absolute Gasteiger partial charge is 0.494 e. The molecule has 0 aliphatic carbocycles. The number of aromatic amines is 1. The third-order valence-electron chi connectivity index (χ3n) is 2.55. The molecule has 0 spiro atoms. The quantitative estimate of drug-likeness (QED) is 0.667. The van der Waals surface area contributed by atoms with Gasteiger partial charge in [0.05, 0.1) is 6.61 Å². The number of ether oxygens (including phenoxy) is 1. The minimum absolute atomic E-state index is 0.197. The van der Waals surface area contributed by atoms with Gasteiger partial charge in [0.25, 0.3) is 5.56 Å². The van der Waals surface area contributed by atoms with Crippen LogP contribution in [0.25, 0.3) is 17.0 Å². The Labute approximate surface area is 124 Å². The number of rotatable bonds is 4. The monoisotopic (exact) mass is 368 g/mol. The highest BCUT2D eigenvalue weighted by Gasteiger charge is 2.07. The molecule has 2 aromatic rings. The minimum atomic E-state index is -0.197. The summed E-state index contributed by atoms with van der Waals surface area (Å²) in [6.45, 7) is 6.34. The van der Waals surface area contributed by atoms with E-state index < -0.39 is 0 Å². The number of H-pyrrole nitrogens is 1. The summed E-state index contributed by atoms with van der Waals surface area (Å²) in [5, 5.41) is 0. The molecule has 1 aromatic heterocycles. The van der Waals surface area contributed by atoms with E-state index in [-0.39, 0.29) is 5.56 Å². The van der Waals surface area contributed by atoms with Crippen molar-refractivity contribution in [2.24, 2.45) is 0 Å². The van der Waals surface area contributed by atoms with Crippen LogP contribution < -0.4 is 5.56 Å². The molecule has 0 saturated carbocycles. The normalized spacial score (nSPS) is 10.2. The van der Waals surface area contributed by atoms with E-state index in [2.05, 4.69) is 39.1 Å². The van der Waals surface area contributed by atoms with Gasteiger partial charge in [-0.15, -0.1) is 0 Å². The fourth-order valence-corrected chi connectivity index (χ4v) is 2.05. The second-order valence-electron chi connectivity index (χ2n) is 3.83. The summed E-state index contributed by atoms with van der Waals surface area (Å²) < 4.78 is 6.08. The van der Waals surface area contributed by atoms with Crippen LogP contribution >= 0.6 is 22.6 Å². The van der Waals surface area contributed by atoms with Gasteiger partial charge in [-0.1, -0.05) is 30.8 Å². The van der Waals surface area contributed by atoms with Crippen LogP contribution in [0.3, 0.4) is 0 Å². The molecule has 4 nitrogen and oxygen atoms in total. The Morgan fingerprint density at radius 1 is 1.42 bits per heavy atom. The first-order chi connectivity index (χ1) is 9.11. The van der Waals surface area contributed by atoms with Crippen molar-refractivity contribution in [2.45, 2.75) is 6.92 Å². The first kappa shape index (κ1) is 13.8. The van der Waals surface area contributed by atoms with Crippen LogP contribution in [0.5, 0.6) is 0 Å². The Kier molecular flexibility index (Phi) is 4.36. The Morgan fingerprint density at radius 3 is 2.74 bits per heavy atom. The Balaban J connectivity index is 2.35. The van der Waals surface area contributed by atoms with Crippen LogP contribution in [0.4, 0.5) is 0 Å². The van der Waals surface area contributed by atoms with Gasteiger partial charge in [0.1, 0.15) is 15.2 Å². The summed E-state index contributed by atoms with van der Waals surface area (Å²) >= 11 is 2.06. The van der Waals surface area contributed by atoms with Gasteiger partial charge in [-0.3, -0.25) is 4.79 Å². The van der Waals surface area contributed by atoms with Crippen molar-refractivity contribution in [2.75, 3.05) is 6.61 Å². The van der Waals surface area contributed by atoms with Crippen molar-refractivity contribution in [1.29, 1.82) is 0 Å². The third-order valence-corrected chi connectivity index (χ3v) is 3.11. The van der Waals surface area contributed by atoms with Gasteiger partial charge in [0, 0.05) is 17.3 Å². The molecule has 0 unspecified atom stereocenters. The fraction of sp³-hybridized carbons (Fsp3) is 0.143. The van der Waals surface area contributed by atoms with Crippen LogP contribution in [0.1, 0.15) is 12.5 Å². The lowest BCUT2D eigenvalue weighted by atomic mass is 10.1. The molecule has 0 aliphatic heterocycles. The highest BCUT2D eigenvalue weighted by molar-refractivity contribution is 14.1. The molecule has 2 rings (SSSR count). The zero-order chi connectivity index (χ0) is 13.8. The molecule has 0 radical (unpaired) electrons. The zero-order valence-corrected chi connectivity index (χ0v) is 12.6.